The highest BCUT2D eigenvalue weighted by atomic mass is 32.1. The monoisotopic (exact) mass is 497 g/mol. The van der Waals surface area contributed by atoms with Gasteiger partial charge in [0.2, 0.25) is 0 Å². The maximum absolute atomic E-state index is 12.4. The lowest BCUT2D eigenvalue weighted by atomic mass is 9.96. The fourth-order valence-corrected chi connectivity index (χ4v) is 4.92. The Morgan fingerprint density at radius 1 is 1.06 bits per heavy atom. The van der Waals surface area contributed by atoms with E-state index < -0.39 is 0 Å². The Kier molecular flexibility index (Phi) is 6.69. The van der Waals surface area contributed by atoms with Crippen molar-refractivity contribution < 1.29 is 9.53 Å². The third-order valence-electron chi connectivity index (χ3n) is 6.15. The Balaban J connectivity index is 1.36. The van der Waals surface area contributed by atoms with Crippen LogP contribution in [0, 0.1) is 13.8 Å². The average Bonchev–Trinajstić information content (AvgIpc) is 3.41. The number of rotatable bonds is 7. The Morgan fingerprint density at radius 3 is 2.47 bits per heavy atom. The first-order valence-electron chi connectivity index (χ1n) is 11.7. The first kappa shape index (κ1) is 23.6. The zero-order valence-corrected chi connectivity index (χ0v) is 20.9. The van der Waals surface area contributed by atoms with Crippen LogP contribution in [0.2, 0.25) is 0 Å². The number of amides is 1. The van der Waals surface area contributed by atoms with Gasteiger partial charge in [-0.05, 0) is 86.2 Å². The normalized spacial score (nSPS) is 17.1. The number of carbonyl (C=O) groups excluding carboxylic acids is 1. The average molecular weight is 498 g/mol. The third kappa shape index (κ3) is 4.94. The fourth-order valence-electron chi connectivity index (χ4n) is 4.57. The lowest BCUT2D eigenvalue weighted by molar-refractivity contribution is -0.118. The van der Waals surface area contributed by atoms with E-state index in [1.165, 1.54) is 0 Å². The molecular weight excluding hydrogens is 470 g/mol. The number of nitrogens with one attached hydrogen (secondary N) is 3. The van der Waals surface area contributed by atoms with Gasteiger partial charge in [-0.1, -0.05) is 24.3 Å². The van der Waals surface area contributed by atoms with Gasteiger partial charge in [0.25, 0.3) is 5.91 Å². The summed E-state index contributed by atoms with van der Waals surface area (Å²) < 4.78 is 5.53. The quantitative estimate of drug-likeness (QED) is 0.304. The van der Waals surface area contributed by atoms with Gasteiger partial charge in [0.1, 0.15) is 5.75 Å². The van der Waals surface area contributed by atoms with Gasteiger partial charge < -0.3 is 25.3 Å². The molecule has 0 aliphatic carbocycles. The number of carbonyl (C=O) groups is 1. The minimum atomic E-state index is -0.225. The van der Waals surface area contributed by atoms with Crippen molar-refractivity contribution >= 4 is 34.6 Å². The molecule has 0 bridgehead atoms. The molecule has 3 heterocycles. The summed E-state index contributed by atoms with van der Waals surface area (Å²) in [5.74, 6) is 0.429. The number of H-pyrrole nitrogens is 1. The van der Waals surface area contributed by atoms with E-state index in [9.17, 15) is 4.79 Å². The zero-order chi connectivity index (χ0) is 25.1. The highest BCUT2D eigenvalue weighted by Crippen LogP contribution is 2.42. The number of ether oxygens (including phenoxy) is 1. The van der Waals surface area contributed by atoms with Gasteiger partial charge in [-0.15, -0.1) is 0 Å². The second-order valence-electron chi connectivity index (χ2n) is 8.73. The highest BCUT2D eigenvalue weighted by Gasteiger charge is 2.41. The summed E-state index contributed by atoms with van der Waals surface area (Å²) in [6.45, 7) is 4.07. The van der Waals surface area contributed by atoms with Gasteiger partial charge in [-0.25, -0.2) is 0 Å². The molecule has 1 amide bonds. The first-order chi connectivity index (χ1) is 17.5. The number of benzene rings is 2. The van der Waals surface area contributed by atoms with E-state index in [-0.39, 0.29) is 24.6 Å². The number of hydrogen-bond acceptors (Lipinski definition) is 4. The maximum Gasteiger partial charge on any atom is 0.262 e. The highest BCUT2D eigenvalue weighted by molar-refractivity contribution is 7.80. The van der Waals surface area contributed by atoms with Crippen LogP contribution in [-0.4, -0.2) is 27.6 Å². The fraction of sp³-hybridized carbons (Fsp3) is 0.179. The lowest BCUT2D eigenvalue weighted by Gasteiger charge is -2.28. The molecule has 1 saturated heterocycles. The van der Waals surface area contributed by atoms with E-state index in [1.54, 1.807) is 6.20 Å². The lowest BCUT2D eigenvalue weighted by Crippen LogP contribution is -2.29. The molecule has 2 atom stereocenters. The van der Waals surface area contributed by atoms with Gasteiger partial charge in [0.05, 0.1) is 17.8 Å². The smallest absolute Gasteiger partial charge is 0.262 e. The summed E-state index contributed by atoms with van der Waals surface area (Å²) in [7, 11) is 0. The van der Waals surface area contributed by atoms with Crippen LogP contribution in [0.5, 0.6) is 5.75 Å². The van der Waals surface area contributed by atoms with Crippen LogP contribution in [-0.2, 0) is 4.79 Å². The van der Waals surface area contributed by atoms with Crippen LogP contribution in [0.15, 0.2) is 85.1 Å². The molecule has 7 nitrogen and oxygen atoms in total. The van der Waals surface area contributed by atoms with Crippen molar-refractivity contribution in [2.75, 3.05) is 16.8 Å². The molecule has 4 aromatic rings. The van der Waals surface area contributed by atoms with Crippen LogP contribution in [0.25, 0.3) is 0 Å². The second-order valence-corrected chi connectivity index (χ2v) is 9.11. The van der Waals surface area contributed by atoms with Crippen LogP contribution < -0.4 is 20.3 Å². The first-order valence-corrected chi connectivity index (χ1v) is 12.1. The summed E-state index contributed by atoms with van der Waals surface area (Å²) in [6.07, 6.45) is 1.80. The van der Waals surface area contributed by atoms with Gasteiger partial charge in [-0.2, -0.15) is 0 Å². The van der Waals surface area contributed by atoms with Crippen molar-refractivity contribution in [1.82, 2.24) is 15.3 Å². The standard InChI is InChI=1S/C28H27N5O2S/c1-18-16-23(19(2)30-18)27-26(24-10-6-7-15-29-24)32-28(36)33(27)21-13-11-20(12-14-21)31-25(34)17-35-22-8-4-3-5-9-22/h3-16,26-27,30H,17H2,1-2H3,(H,31,34)(H,32,36). The van der Waals surface area contributed by atoms with E-state index in [0.717, 1.165) is 28.3 Å². The molecule has 1 aliphatic rings. The number of aromatic nitrogens is 2. The van der Waals surface area contributed by atoms with E-state index >= 15 is 0 Å². The SMILES string of the molecule is Cc1cc(C2C(c3ccccn3)NC(=S)N2c2ccc(NC(=O)COc3ccccc3)cc2)c(C)[nH]1. The molecule has 0 radical (unpaired) electrons. The van der Waals surface area contributed by atoms with Crippen molar-refractivity contribution in [1.29, 1.82) is 0 Å². The number of hydrogen-bond donors (Lipinski definition) is 3. The van der Waals surface area contributed by atoms with Gasteiger partial charge in [-0.3, -0.25) is 9.78 Å². The number of anilines is 2. The Hall–Kier alpha value is -4.17. The number of para-hydroxylation sites is 1. The second kappa shape index (κ2) is 10.2. The third-order valence-corrected chi connectivity index (χ3v) is 6.46. The summed E-state index contributed by atoms with van der Waals surface area (Å²) in [5, 5.41) is 6.99. The molecule has 2 aromatic heterocycles. The molecular formula is C28H27N5O2S. The Bertz CT molecular complexity index is 1360. The van der Waals surface area contributed by atoms with Gasteiger partial charge in [0.15, 0.2) is 11.7 Å². The number of aryl methyl sites for hydroxylation is 2. The predicted octanol–water partition coefficient (Wildman–Crippen LogP) is 5.22. The molecule has 0 saturated carbocycles. The van der Waals surface area contributed by atoms with Gasteiger partial charge >= 0.3 is 0 Å². The van der Waals surface area contributed by atoms with Crippen LogP contribution in [0.1, 0.15) is 34.7 Å². The molecule has 3 N–H and O–H groups in total. The largest absolute Gasteiger partial charge is 0.484 e. The van der Waals surface area contributed by atoms with Gasteiger partial charge in [0, 0.05) is 29.0 Å². The summed E-state index contributed by atoms with van der Waals surface area (Å²) in [4.78, 5) is 22.5. The molecule has 2 unspecified atom stereocenters. The minimum absolute atomic E-state index is 0.0636. The molecule has 1 aliphatic heterocycles. The summed E-state index contributed by atoms with van der Waals surface area (Å²) in [5.41, 5.74) is 5.88. The van der Waals surface area contributed by atoms with Crippen LogP contribution in [0.4, 0.5) is 11.4 Å². The molecule has 36 heavy (non-hydrogen) atoms. The molecule has 8 heteroatoms. The number of thiocarbonyl (C=S) groups is 1. The summed E-state index contributed by atoms with van der Waals surface area (Å²) in [6, 6.07) is 24.8. The topological polar surface area (TPSA) is 82.3 Å². The minimum Gasteiger partial charge on any atom is -0.484 e. The maximum atomic E-state index is 12.4. The predicted molar refractivity (Wildman–Crippen MR) is 145 cm³/mol. The number of pyridine rings is 1. The van der Waals surface area contributed by atoms with E-state index in [1.807, 2.05) is 72.8 Å². The van der Waals surface area contributed by atoms with Crippen molar-refractivity contribution in [2.24, 2.45) is 0 Å². The van der Waals surface area contributed by atoms with Crippen molar-refractivity contribution in [3.63, 3.8) is 0 Å². The van der Waals surface area contributed by atoms with E-state index in [4.69, 9.17) is 17.0 Å². The number of aromatic amines is 1. The molecule has 0 spiro atoms. The van der Waals surface area contributed by atoms with Crippen molar-refractivity contribution in [3.8, 4) is 5.75 Å². The molecule has 2 aromatic carbocycles. The number of nitrogens with zero attached hydrogens (tertiary/aromatic N) is 2. The zero-order valence-electron chi connectivity index (χ0n) is 20.1. The molecule has 1 fully saturated rings. The van der Waals surface area contributed by atoms with Crippen molar-refractivity contribution in [2.45, 2.75) is 25.9 Å². The summed E-state index contributed by atoms with van der Waals surface area (Å²) >= 11 is 5.80. The van der Waals surface area contributed by atoms with Crippen molar-refractivity contribution in [3.05, 3.63) is 108 Å². The van der Waals surface area contributed by atoms with Crippen LogP contribution in [0.3, 0.4) is 0 Å². The van der Waals surface area contributed by atoms with E-state index in [0.29, 0.717) is 16.5 Å². The molecule has 5 rings (SSSR count). The van der Waals surface area contributed by atoms with Crippen LogP contribution >= 0.6 is 12.2 Å². The van der Waals surface area contributed by atoms with E-state index in [2.05, 4.69) is 45.4 Å². The Morgan fingerprint density at radius 2 is 1.81 bits per heavy atom. The molecule has 182 valence electrons. The Labute approximate surface area is 215 Å².